The molecule has 0 aromatic carbocycles. The highest BCUT2D eigenvalue weighted by Crippen LogP contribution is 2.09. The van der Waals surface area contributed by atoms with Crippen molar-refractivity contribution in [1.29, 1.82) is 0 Å². The van der Waals surface area contributed by atoms with E-state index in [0.29, 0.717) is 5.69 Å². The summed E-state index contributed by atoms with van der Waals surface area (Å²) in [5.74, 6) is -1.72. The van der Waals surface area contributed by atoms with Crippen LogP contribution in [0, 0.1) is 0 Å². The van der Waals surface area contributed by atoms with Crippen LogP contribution in [0.2, 0.25) is 0 Å². The molecule has 0 fully saturated rings. The Hall–Kier alpha value is -1.91. The summed E-state index contributed by atoms with van der Waals surface area (Å²) in [5.41, 5.74) is 5.41. The molecule has 2 amide bonds. The van der Waals surface area contributed by atoms with Crippen LogP contribution in [0.4, 0.5) is 5.69 Å². The van der Waals surface area contributed by atoms with Crippen LogP contribution >= 0.6 is 0 Å². The average molecular weight is 179 g/mol. The summed E-state index contributed by atoms with van der Waals surface area (Å²) in [4.78, 5) is 26.6. The minimum atomic E-state index is -0.973. The molecule has 0 aliphatic heterocycles. The van der Waals surface area contributed by atoms with Crippen LogP contribution in [0.3, 0.4) is 0 Å². The highest BCUT2D eigenvalue weighted by Gasteiger charge is 2.15. The minimum absolute atomic E-state index is 0.582. The molecule has 5 nitrogen and oxygen atoms in total. The van der Waals surface area contributed by atoms with Gasteiger partial charge in [0.05, 0.1) is 0 Å². The summed E-state index contributed by atoms with van der Waals surface area (Å²) in [6, 6.07) is 3.22. The van der Waals surface area contributed by atoms with Crippen LogP contribution in [-0.2, 0) is 9.59 Å². The normalized spacial score (nSPS) is 9.31. The Bertz CT molecular complexity index is 323. The third-order valence-electron chi connectivity index (χ3n) is 1.57. The number of carbonyl (C=O) groups excluding carboxylic acids is 2. The number of hydrogen-bond acceptors (Lipinski definition) is 3. The van der Waals surface area contributed by atoms with E-state index < -0.39 is 11.8 Å². The van der Waals surface area contributed by atoms with Crippen molar-refractivity contribution in [3.05, 3.63) is 24.5 Å². The first-order valence-electron chi connectivity index (χ1n) is 3.60. The van der Waals surface area contributed by atoms with Gasteiger partial charge in [-0.1, -0.05) is 0 Å². The number of pyridine rings is 1. The summed E-state index contributed by atoms with van der Waals surface area (Å²) in [6.45, 7) is 0. The molecule has 0 spiro atoms. The number of likely N-dealkylation sites (N-methyl/N-ethyl adjacent to an activating group) is 1. The fraction of sp³-hybridized carbons (Fsp3) is 0.125. The van der Waals surface area contributed by atoms with Crippen molar-refractivity contribution in [2.45, 2.75) is 0 Å². The van der Waals surface area contributed by atoms with Crippen molar-refractivity contribution in [1.82, 2.24) is 4.98 Å². The number of primary amides is 1. The largest absolute Gasteiger partial charge is 0.361 e. The van der Waals surface area contributed by atoms with Crippen molar-refractivity contribution in [2.75, 3.05) is 11.9 Å². The first-order valence-corrected chi connectivity index (χ1v) is 3.60. The summed E-state index contributed by atoms with van der Waals surface area (Å²) in [5, 5.41) is 0. The van der Waals surface area contributed by atoms with E-state index in [9.17, 15) is 9.59 Å². The number of carbonyl (C=O) groups is 2. The van der Waals surface area contributed by atoms with Gasteiger partial charge in [-0.05, 0) is 12.1 Å². The minimum Gasteiger partial charge on any atom is -0.361 e. The van der Waals surface area contributed by atoms with Gasteiger partial charge in [0.1, 0.15) is 0 Å². The quantitative estimate of drug-likeness (QED) is 0.592. The molecule has 5 heteroatoms. The first-order chi connectivity index (χ1) is 6.13. The van der Waals surface area contributed by atoms with Crippen LogP contribution in [0.1, 0.15) is 0 Å². The van der Waals surface area contributed by atoms with Gasteiger partial charge in [0.15, 0.2) is 0 Å². The van der Waals surface area contributed by atoms with Crippen LogP contribution in [0.25, 0.3) is 0 Å². The summed E-state index contributed by atoms with van der Waals surface area (Å²) < 4.78 is 0. The van der Waals surface area contributed by atoms with Crippen LogP contribution < -0.4 is 10.6 Å². The predicted octanol–water partition coefficient (Wildman–Crippen LogP) is -0.470. The predicted molar refractivity (Wildman–Crippen MR) is 46.8 cm³/mol. The van der Waals surface area contributed by atoms with E-state index in [4.69, 9.17) is 5.73 Å². The highest BCUT2D eigenvalue weighted by molar-refractivity contribution is 6.39. The fourth-order valence-corrected chi connectivity index (χ4v) is 0.850. The van der Waals surface area contributed by atoms with E-state index in [0.717, 1.165) is 0 Å². The monoisotopic (exact) mass is 179 g/mol. The number of hydrogen-bond donors (Lipinski definition) is 1. The lowest BCUT2D eigenvalue weighted by Gasteiger charge is -2.14. The lowest BCUT2D eigenvalue weighted by Crippen LogP contribution is -2.37. The van der Waals surface area contributed by atoms with Crippen LogP contribution in [-0.4, -0.2) is 23.8 Å². The molecule has 0 radical (unpaired) electrons. The van der Waals surface area contributed by atoms with E-state index in [1.54, 1.807) is 12.1 Å². The van der Waals surface area contributed by atoms with Gasteiger partial charge in [-0.25, -0.2) is 0 Å². The SMILES string of the molecule is CN(C(=O)C(N)=O)c1ccncc1. The zero-order chi connectivity index (χ0) is 9.84. The molecule has 0 aliphatic carbocycles. The Morgan fingerprint density at radius 1 is 1.38 bits per heavy atom. The van der Waals surface area contributed by atoms with Crippen molar-refractivity contribution in [3.63, 3.8) is 0 Å². The molecule has 1 aromatic rings. The maximum atomic E-state index is 11.1. The van der Waals surface area contributed by atoms with E-state index in [-0.39, 0.29) is 0 Å². The molecule has 0 atom stereocenters. The van der Waals surface area contributed by atoms with Gasteiger partial charge < -0.3 is 10.6 Å². The summed E-state index contributed by atoms with van der Waals surface area (Å²) in [6.07, 6.45) is 3.06. The molecule has 0 saturated carbocycles. The molecule has 1 aromatic heterocycles. The summed E-state index contributed by atoms with van der Waals surface area (Å²) >= 11 is 0. The van der Waals surface area contributed by atoms with Crippen LogP contribution in [0.5, 0.6) is 0 Å². The third-order valence-corrected chi connectivity index (χ3v) is 1.57. The van der Waals surface area contributed by atoms with E-state index in [1.165, 1.54) is 24.3 Å². The molecule has 0 bridgehead atoms. The molecule has 13 heavy (non-hydrogen) atoms. The molecule has 1 rings (SSSR count). The lowest BCUT2D eigenvalue weighted by molar-refractivity contribution is -0.135. The average Bonchev–Trinajstić information content (AvgIpc) is 2.17. The van der Waals surface area contributed by atoms with E-state index in [1.807, 2.05) is 0 Å². The van der Waals surface area contributed by atoms with Crippen molar-refractivity contribution >= 4 is 17.5 Å². The van der Waals surface area contributed by atoms with Gasteiger partial charge in [-0.3, -0.25) is 14.6 Å². The van der Waals surface area contributed by atoms with Gasteiger partial charge in [-0.15, -0.1) is 0 Å². The molecule has 1 heterocycles. The molecule has 0 unspecified atom stereocenters. The second kappa shape index (κ2) is 3.66. The Balaban J connectivity index is 2.86. The van der Waals surface area contributed by atoms with Gasteiger partial charge in [-0.2, -0.15) is 0 Å². The van der Waals surface area contributed by atoms with Crippen molar-refractivity contribution < 1.29 is 9.59 Å². The lowest BCUT2D eigenvalue weighted by atomic mass is 10.3. The second-order valence-electron chi connectivity index (χ2n) is 2.43. The number of aromatic nitrogens is 1. The smallest absolute Gasteiger partial charge is 0.315 e. The Morgan fingerprint density at radius 3 is 2.38 bits per heavy atom. The molecular weight excluding hydrogens is 170 g/mol. The van der Waals surface area contributed by atoms with Crippen LogP contribution in [0.15, 0.2) is 24.5 Å². The molecule has 2 N–H and O–H groups in total. The van der Waals surface area contributed by atoms with Gasteiger partial charge in [0, 0.05) is 25.1 Å². The number of rotatable bonds is 1. The van der Waals surface area contributed by atoms with Crippen molar-refractivity contribution in [3.8, 4) is 0 Å². The topological polar surface area (TPSA) is 76.3 Å². The number of nitrogens with zero attached hydrogens (tertiary/aromatic N) is 2. The Labute approximate surface area is 75.2 Å². The van der Waals surface area contributed by atoms with E-state index >= 15 is 0 Å². The first kappa shape index (κ1) is 9.18. The maximum Gasteiger partial charge on any atom is 0.315 e. The summed E-state index contributed by atoms with van der Waals surface area (Å²) in [7, 11) is 1.47. The molecule has 0 saturated heterocycles. The Morgan fingerprint density at radius 2 is 1.92 bits per heavy atom. The third kappa shape index (κ3) is 2.02. The van der Waals surface area contributed by atoms with Crippen molar-refractivity contribution in [2.24, 2.45) is 5.73 Å². The Kier molecular flexibility index (Phi) is 2.59. The number of amides is 2. The molecule has 68 valence electrons. The van der Waals surface area contributed by atoms with E-state index in [2.05, 4.69) is 4.98 Å². The van der Waals surface area contributed by atoms with Gasteiger partial charge >= 0.3 is 11.8 Å². The molecule has 0 aliphatic rings. The van der Waals surface area contributed by atoms with Gasteiger partial charge in [0.2, 0.25) is 0 Å². The molecular formula is C8H9N3O2. The standard InChI is InChI=1S/C8H9N3O2/c1-11(8(13)7(9)12)6-2-4-10-5-3-6/h2-5H,1H3,(H2,9,12). The zero-order valence-electron chi connectivity index (χ0n) is 7.10. The maximum absolute atomic E-state index is 11.1. The fourth-order valence-electron chi connectivity index (χ4n) is 0.850. The number of nitrogens with two attached hydrogens (primary N) is 1. The highest BCUT2D eigenvalue weighted by atomic mass is 16.2. The number of anilines is 1. The van der Waals surface area contributed by atoms with Gasteiger partial charge in [0.25, 0.3) is 0 Å². The zero-order valence-corrected chi connectivity index (χ0v) is 7.10. The second-order valence-corrected chi connectivity index (χ2v) is 2.43.